The third-order valence-corrected chi connectivity index (χ3v) is 4.25. The molecule has 21 heavy (non-hydrogen) atoms. The second-order valence-electron chi connectivity index (χ2n) is 5.00. The fourth-order valence-electron chi connectivity index (χ4n) is 2.86. The summed E-state index contributed by atoms with van der Waals surface area (Å²) in [6, 6.07) is 21.9. The molecule has 0 fully saturated rings. The summed E-state index contributed by atoms with van der Waals surface area (Å²) in [4.78, 5) is 0. The average molecular weight is 338 g/mol. The van der Waals surface area contributed by atoms with E-state index in [1.54, 1.807) is 6.07 Å². The highest BCUT2D eigenvalue weighted by Gasteiger charge is 2.13. The molecule has 0 aliphatic rings. The molecular weight excluding hydrogens is 326 g/mol. The molecule has 0 bridgehead atoms. The number of rotatable bonds is 1. The monoisotopic (exact) mass is 337 g/mol. The van der Waals surface area contributed by atoms with Crippen LogP contribution in [0.15, 0.2) is 71.2 Å². The summed E-state index contributed by atoms with van der Waals surface area (Å²) in [5.74, 6) is 0.281. The molecule has 0 amide bonds. The highest BCUT2D eigenvalue weighted by molar-refractivity contribution is 9.10. The van der Waals surface area contributed by atoms with Crippen molar-refractivity contribution in [2.45, 2.75) is 0 Å². The van der Waals surface area contributed by atoms with Crippen LogP contribution in [0.3, 0.4) is 0 Å². The normalized spacial score (nSPS) is 11.3. The first-order valence-corrected chi connectivity index (χ1v) is 7.52. The number of nitrogens with zero attached hydrogens (tertiary/aromatic N) is 1. The summed E-state index contributed by atoms with van der Waals surface area (Å²) in [6.45, 7) is 0. The first-order chi connectivity index (χ1) is 10.3. The van der Waals surface area contributed by atoms with E-state index in [0.29, 0.717) is 0 Å². The number of para-hydroxylation sites is 3. The molecule has 1 aromatic heterocycles. The van der Waals surface area contributed by atoms with Crippen molar-refractivity contribution in [3.8, 4) is 11.4 Å². The summed E-state index contributed by atoms with van der Waals surface area (Å²) in [6.07, 6.45) is 0. The molecule has 0 aliphatic carbocycles. The zero-order valence-corrected chi connectivity index (χ0v) is 12.7. The minimum Gasteiger partial charge on any atom is -0.506 e. The molecule has 0 aliphatic heterocycles. The van der Waals surface area contributed by atoms with Gasteiger partial charge in [0.05, 0.1) is 16.7 Å². The largest absolute Gasteiger partial charge is 0.506 e. The number of phenolic OH excluding ortho intramolecular Hbond substituents is 1. The molecule has 3 heteroatoms. The van der Waals surface area contributed by atoms with Gasteiger partial charge in [-0.05, 0) is 36.4 Å². The number of fused-ring (bicyclic) bond motifs is 3. The topological polar surface area (TPSA) is 25.2 Å². The summed E-state index contributed by atoms with van der Waals surface area (Å²) < 4.78 is 3.15. The maximum absolute atomic E-state index is 10.2. The van der Waals surface area contributed by atoms with E-state index in [9.17, 15) is 5.11 Å². The summed E-state index contributed by atoms with van der Waals surface area (Å²) in [7, 11) is 0. The number of benzene rings is 3. The lowest BCUT2D eigenvalue weighted by atomic mass is 10.2. The Labute approximate surface area is 130 Å². The fourth-order valence-corrected chi connectivity index (χ4v) is 3.22. The Morgan fingerprint density at radius 3 is 2.33 bits per heavy atom. The van der Waals surface area contributed by atoms with Crippen LogP contribution in [-0.2, 0) is 0 Å². The van der Waals surface area contributed by atoms with E-state index in [4.69, 9.17) is 0 Å². The number of aromatic hydroxyl groups is 1. The average Bonchev–Trinajstić information content (AvgIpc) is 2.82. The molecule has 1 N–H and O–H groups in total. The maximum Gasteiger partial charge on any atom is 0.139 e. The smallest absolute Gasteiger partial charge is 0.139 e. The van der Waals surface area contributed by atoms with Crippen LogP contribution in [0.5, 0.6) is 5.75 Å². The molecule has 3 aromatic carbocycles. The Morgan fingerprint density at radius 2 is 1.48 bits per heavy atom. The number of hydrogen-bond acceptors (Lipinski definition) is 1. The molecule has 0 unspecified atom stereocenters. The zero-order valence-electron chi connectivity index (χ0n) is 11.1. The van der Waals surface area contributed by atoms with Gasteiger partial charge >= 0.3 is 0 Å². The van der Waals surface area contributed by atoms with E-state index in [2.05, 4.69) is 44.8 Å². The van der Waals surface area contributed by atoms with Gasteiger partial charge in [0.25, 0.3) is 0 Å². The van der Waals surface area contributed by atoms with Gasteiger partial charge in [-0.25, -0.2) is 0 Å². The number of phenols is 1. The first-order valence-electron chi connectivity index (χ1n) is 6.73. The van der Waals surface area contributed by atoms with Gasteiger partial charge in [0.15, 0.2) is 0 Å². The molecule has 4 aromatic rings. The minimum absolute atomic E-state index is 0.281. The maximum atomic E-state index is 10.2. The quantitative estimate of drug-likeness (QED) is 0.504. The van der Waals surface area contributed by atoms with Gasteiger partial charge in [-0.15, -0.1) is 0 Å². The molecule has 1 heterocycles. The Morgan fingerprint density at radius 1 is 0.762 bits per heavy atom. The van der Waals surface area contributed by atoms with Crippen molar-refractivity contribution in [1.82, 2.24) is 4.57 Å². The van der Waals surface area contributed by atoms with Crippen LogP contribution in [0, 0.1) is 0 Å². The van der Waals surface area contributed by atoms with Gasteiger partial charge in [0.2, 0.25) is 0 Å². The second-order valence-corrected chi connectivity index (χ2v) is 5.92. The SMILES string of the molecule is Oc1ccccc1-n1c2ccccc2c2cc(Br)ccc21. The summed E-state index contributed by atoms with van der Waals surface area (Å²) >= 11 is 3.54. The highest BCUT2D eigenvalue weighted by Crippen LogP contribution is 2.35. The van der Waals surface area contributed by atoms with E-state index in [1.807, 2.05) is 36.4 Å². The zero-order chi connectivity index (χ0) is 14.4. The lowest BCUT2D eigenvalue weighted by Gasteiger charge is -2.09. The van der Waals surface area contributed by atoms with Crippen molar-refractivity contribution in [1.29, 1.82) is 0 Å². The molecule has 102 valence electrons. The van der Waals surface area contributed by atoms with E-state index in [-0.39, 0.29) is 5.75 Å². The number of hydrogen-bond donors (Lipinski definition) is 1. The molecule has 2 nitrogen and oxygen atoms in total. The predicted octanol–water partition coefficient (Wildman–Crippen LogP) is 5.25. The van der Waals surface area contributed by atoms with E-state index >= 15 is 0 Å². The molecule has 0 saturated heterocycles. The Kier molecular flexibility index (Phi) is 2.76. The third kappa shape index (κ3) is 1.85. The van der Waals surface area contributed by atoms with Gasteiger partial charge < -0.3 is 9.67 Å². The molecule has 0 spiro atoms. The van der Waals surface area contributed by atoms with Crippen LogP contribution < -0.4 is 0 Å². The number of halogens is 1. The van der Waals surface area contributed by atoms with Crippen molar-refractivity contribution >= 4 is 37.7 Å². The van der Waals surface area contributed by atoms with Crippen LogP contribution in [0.1, 0.15) is 0 Å². The van der Waals surface area contributed by atoms with Crippen LogP contribution in [0.2, 0.25) is 0 Å². The van der Waals surface area contributed by atoms with Gasteiger partial charge in [0.1, 0.15) is 5.75 Å². The molecule has 0 atom stereocenters. The van der Waals surface area contributed by atoms with E-state index in [1.165, 1.54) is 10.8 Å². The van der Waals surface area contributed by atoms with Crippen molar-refractivity contribution in [3.05, 3.63) is 71.2 Å². The summed E-state index contributed by atoms with van der Waals surface area (Å²) in [5, 5.41) is 12.6. The van der Waals surface area contributed by atoms with Gasteiger partial charge in [-0.1, -0.05) is 46.3 Å². The molecule has 4 rings (SSSR count). The number of aromatic nitrogens is 1. The van der Waals surface area contributed by atoms with Crippen molar-refractivity contribution in [2.75, 3.05) is 0 Å². The van der Waals surface area contributed by atoms with Crippen LogP contribution in [0.4, 0.5) is 0 Å². The molecule has 0 saturated carbocycles. The van der Waals surface area contributed by atoms with E-state index < -0.39 is 0 Å². The Balaban J connectivity index is 2.23. The lowest BCUT2D eigenvalue weighted by molar-refractivity contribution is 0.473. The highest BCUT2D eigenvalue weighted by atomic mass is 79.9. The van der Waals surface area contributed by atoms with Crippen molar-refractivity contribution < 1.29 is 5.11 Å². The van der Waals surface area contributed by atoms with Crippen LogP contribution in [-0.4, -0.2) is 9.67 Å². The fraction of sp³-hybridized carbons (Fsp3) is 0. The van der Waals surface area contributed by atoms with Gasteiger partial charge in [0, 0.05) is 15.2 Å². The standard InChI is InChI=1S/C18H12BrNO/c19-12-9-10-16-14(11-12)13-5-1-2-6-15(13)20(16)17-7-3-4-8-18(17)21/h1-11,21H. The van der Waals surface area contributed by atoms with Crippen molar-refractivity contribution in [2.24, 2.45) is 0 Å². The van der Waals surface area contributed by atoms with Crippen LogP contribution in [0.25, 0.3) is 27.5 Å². The molecular formula is C18H12BrNO. The Bertz CT molecular complexity index is 971. The first kappa shape index (κ1) is 12.5. The second kappa shape index (κ2) is 4.64. The van der Waals surface area contributed by atoms with Crippen molar-refractivity contribution in [3.63, 3.8) is 0 Å². The van der Waals surface area contributed by atoms with E-state index in [0.717, 1.165) is 21.2 Å². The molecule has 0 radical (unpaired) electrons. The summed E-state index contributed by atoms with van der Waals surface area (Å²) in [5.41, 5.74) is 2.97. The lowest BCUT2D eigenvalue weighted by Crippen LogP contribution is -1.93. The predicted molar refractivity (Wildman–Crippen MR) is 90.1 cm³/mol. The van der Waals surface area contributed by atoms with Gasteiger partial charge in [-0.2, -0.15) is 0 Å². The van der Waals surface area contributed by atoms with Crippen LogP contribution >= 0.6 is 15.9 Å². The third-order valence-electron chi connectivity index (χ3n) is 3.76. The van der Waals surface area contributed by atoms with Gasteiger partial charge in [-0.3, -0.25) is 0 Å². The minimum atomic E-state index is 0.281. The Hall–Kier alpha value is -2.26.